The summed E-state index contributed by atoms with van der Waals surface area (Å²) in [5.74, 6) is -0.163. The normalized spacial score (nSPS) is 12.1. The molecule has 0 bridgehead atoms. The van der Waals surface area contributed by atoms with Gasteiger partial charge in [0, 0.05) is 11.3 Å². The summed E-state index contributed by atoms with van der Waals surface area (Å²) in [5.41, 5.74) is 6.43. The molecule has 3 N–H and O–H groups in total. The van der Waals surface area contributed by atoms with Crippen LogP contribution in [0.3, 0.4) is 0 Å². The van der Waals surface area contributed by atoms with Crippen molar-refractivity contribution in [2.24, 2.45) is 0 Å². The highest BCUT2D eigenvalue weighted by molar-refractivity contribution is 6.21. The zero-order chi connectivity index (χ0) is 11.3. The van der Waals surface area contributed by atoms with Crippen molar-refractivity contribution in [3.05, 3.63) is 29.8 Å². The molecule has 1 amide bonds. The zero-order valence-electron chi connectivity index (χ0n) is 8.66. The highest BCUT2D eigenvalue weighted by Crippen LogP contribution is 2.07. The largest absolute Gasteiger partial charge is 0.399 e. The van der Waals surface area contributed by atoms with E-state index in [1.165, 1.54) is 0 Å². The van der Waals surface area contributed by atoms with Crippen molar-refractivity contribution in [1.29, 1.82) is 0 Å². The minimum Gasteiger partial charge on any atom is -0.399 e. The molecule has 0 radical (unpaired) electrons. The van der Waals surface area contributed by atoms with Gasteiger partial charge in [0.25, 0.3) is 5.91 Å². The summed E-state index contributed by atoms with van der Waals surface area (Å²) in [6, 6.07) is 6.75. The Morgan fingerprint density at radius 2 is 2.07 bits per heavy atom. The minimum atomic E-state index is -0.306. The lowest BCUT2D eigenvalue weighted by Crippen LogP contribution is -2.30. The Kier molecular flexibility index (Phi) is 4.43. The molecule has 1 atom stereocenters. The number of hydrogen-bond acceptors (Lipinski definition) is 2. The van der Waals surface area contributed by atoms with Crippen molar-refractivity contribution >= 4 is 23.2 Å². The summed E-state index contributed by atoms with van der Waals surface area (Å²) in [7, 11) is 0. The molecule has 0 heterocycles. The van der Waals surface area contributed by atoms with Gasteiger partial charge in [-0.3, -0.25) is 4.79 Å². The molecule has 0 saturated carbocycles. The monoisotopic (exact) mass is 226 g/mol. The number of carbonyl (C=O) groups is 1. The van der Waals surface area contributed by atoms with E-state index in [1.807, 2.05) is 6.92 Å². The number of rotatable bonds is 4. The number of hydrogen-bond donors (Lipinski definition) is 2. The first-order chi connectivity index (χ1) is 7.13. The standard InChI is InChI=1S/C11H15ClN2O/c1-2-3-10(12)14-11(15)8-4-6-9(13)7-5-8/h4-7,10H,2-3,13H2,1H3,(H,14,15). The molecule has 1 aromatic rings. The van der Waals surface area contributed by atoms with Gasteiger partial charge in [0.05, 0.1) is 0 Å². The lowest BCUT2D eigenvalue weighted by atomic mass is 10.2. The molecule has 0 aliphatic carbocycles. The Morgan fingerprint density at radius 3 is 2.60 bits per heavy atom. The molecule has 1 unspecified atom stereocenters. The Labute approximate surface area is 94.6 Å². The minimum absolute atomic E-state index is 0.163. The van der Waals surface area contributed by atoms with E-state index in [0.29, 0.717) is 11.3 Å². The van der Waals surface area contributed by atoms with Crippen LogP contribution in [0.5, 0.6) is 0 Å². The first-order valence-electron chi connectivity index (χ1n) is 4.94. The van der Waals surface area contributed by atoms with Crippen LogP contribution in [0.1, 0.15) is 30.1 Å². The Balaban J connectivity index is 2.57. The van der Waals surface area contributed by atoms with Crippen molar-refractivity contribution in [2.45, 2.75) is 25.3 Å². The molecule has 0 spiro atoms. The van der Waals surface area contributed by atoms with Gasteiger partial charge in [0.1, 0.15) is 5.50 Å². The van der Waals surface area contributed by atoms with Crippen LogP contribution in [0.4, 0.5) is 5.69 Å². The van der Waals surface area contributed by atoms with Crippen LogP contribution in [0.15, 0.2) is 24.3 Å². The number of nitrogens with one attached hydrogen (secondary N) is 1. The number of halogens is 1. The zero-order valence-corrected chi connectivity index (χ0v) is 9.42. The Hall–Kier alpha value is -1.22. The summed E-state index contributed by atoms with van der Waals surface area (Å²) >= 11 is 5.90. The quantitative estimate of drug-likeness (QED) is 0.471. The smallest absolute Gasteiger partial charge is 0.252 e. The number of nitrogen functional groups attached to an aromatic ring is 1. The van der Waals surface area contributed by atoms with E-state index in [-0.39, 0.29) is 11.4 Å². The second kappa shape index (κ2) is 5.61. The summed E-state index contributed by atoms with van der Waals surface area (Å²) in [4.78, 5) is 11.6. The number of alkyl halides is 1. The average molecular weight is 227 g/mol. The van der Waals surface area contributed by atoms with Crippen LogP contribution >= 0.6 is 11.6 Å². The molecule has 0 aromatic heterocycles. The molecule has 1 aromatic carbocycles. The van der Waals surface area contributed by atoms with Crippen molar-refractivity contribution in [2.75, 3.05) is 5.73 Å². The van der Waals surface area contributed by atoms with E-state index in [1.54, 1.807) is 24.3 Å². The van der Waals surface area contributed by atoms with E-state index in [2.05, 4.69) is 5.32 Å². The SMILES string of the molecule is CCCC(Cl)NC(=O)c1ccc(N)cc1. The lowest BCUT2D eigenvalue weighted by molar-refractivity contribution is 0.0947. The molecular formula is C11H15ClN2O. The van der Waals surface area contributed by atoms with Crippen LogP contribution in [-0.4, -0.2) is 11.4 Å². The van der Waals surface area contributed by atoms with Crippen LogP contribution < -0.4 is 11.1 Å². The second-order valence-corrected chi connectivity index (χ2v) is 3.88. The van der Waals surface area contributed by atoms with E-state index in [0.717, 1.165) is 12.8 Å². The highest BCUT2D eigenvalue weighted by Gasteiger charge is 2.09. The average Bonchev–Trinajstić information content (AvgIpc) is 2.18. The van der Waals surface area contributed by atoms with E-state index in [9.17, 15) is 4.79 Å². The third kappa shape index (κ3) is 3.80. The van der Waals surface area contributed by atoms with Gasteiger partial charge in [0.15, 0.2) is 0 Å². The first-order valence-corrected chi connectivity index (χ1v) is 5.37. The summed E-state index contributed by atoms with van der Waals surface area (Å²) < 4.78 is 0. The maximum Gasteiger partial charge on any atom is 0.252 e. The van der Waals surface area contributed by atoms with E-state index >= 15 is 0 Å². The number of amides is 1. The summed E-state index contributed by atoms with van der Waals surface area (Å²) in [5, 5.41) is 2.70. The highest BCUT2D eigenvalue weighted by atomic mass is 35.5. The number of anilines is 1. The molecule has 0 saturated heterocycles. The van der Waals surface area contributed by atoms with Crippen molar-refractivity contribution < 1.29 is 4.79 Å². The first kappa shape index (κ1) is 11.9. The van der Waals surface area contributed by atoms with Gasteiger partial charge in [-0.15, -0.1) is 0 Å². The Bertz CT molecular complexity index is 324. The molecule has 0 fully saturated rings. The fourth-order valence-electron chi connectivity index (χ4n) is 1.19. The topological polar surface area (TPSA) is 55.1 Å². The summed E-state index contributed by atoms with van der Waals surface area (Å²) in [6.45, 7) is 2.02. The van der Waals surface area contributed by atoms with Crippen LogP contribution in [0.2, 0.25) is 0 Å². The lowest BCUT2D eigenvalue weighted by Gasteiger charge is -2.10. The van der Waals surface area contributed by atoms with Crippen LogP contribution in [0, 0.1) is 0 Å². The maximum atomic E-state index is 11.6. The Morgan fingerprint density at radius 1 is 1.47 bits per heavy atom. The number of nitrogens with two attached hydrogens (primary N) is 1. The second-order valence-electron chi connectivity index (χ2n) is 3.35. The predicted octanol–water partition coefficient (Wildman–Crippen LogP) is 2.36. The van der Waals surface area contributed by atoms with Gasteiger partial charge in [0.2, 0.25) is 0 Å². The predicted molar refractivity (Wildman–Crippen MR) is 62.9 cm³/mol. The molecule has 0 aliphatic heterocycles. The summed E-state index contributed by atoms with van der Waals surface area (Å²) in [6.07, 6.45) is 1.71. The van der Waals surface area contributed by atoms with Gasteiger partial charge in [-0.1, -0.05) is 24.9 Å². The third-order valence-corrected chi connectivity index (χ3v) is 2.33. The van der Waals surface area contributed by atoms with E-state index < -0.39 is 0 Å². The molecule has 3 nitrogen and oxygen atoms in total. The third-order valence-electron chi connectivity index (χ3n) is 2.00. The fraction of sp³-hybridized carbons (Fsp3) is 0.364. The van der Waals surface area contributed by atoms with Gasteiger partial charge in [-0.05, 0) is 30.7 Å². The van der Waals surface area contributed by atoms with Gasteiger partial charge >= 0.3 is 0 Å². The number of benzene rings is 1. The molecule has 82 valence electrons. The van der Waals surface area contributed by atoms with Crippen LogP contribution in [0.25, 0.3) is 0 Å². The maximum absolute atomic E-state index is 11.6. The van der Waals surface area contributed by atoms with Crippen molar-refractivity contribution in [3.8, 4) is 0 Å². The molecule has 0 aliphatic rings. The fourth-order valence-corrected chi connectivity index (χ4v) is 1.50. The molecule has 15 heavy (non-hydrogen) atoms. The van der Waals surface area contributed by atoms with Crippen molar-refractivity contribution in [3.63, 3.8) is 0 Å². The molecule has 4 heteroatoms. The van der Waals surface area contributed by atoms with Gasteiger partial charge in [-0.2, -0.15) is 0 Å². The van der Waals surface area contributed by atoms with E-state index in [4.69, 9.17) is 17.3 Å². The van der Waals surface area contributed by atoms with Crippen LogP contribution in [-0.2, 0) is 0 Å². The molecular weight excluding hydrogens is 212 g/mol. The number of carbonyl (C=O) groups excluding carboxylic acids is 1. The van der Waals surface area contributed by atoms with Crippen molar-refractivity contribution in [1.82, 2.24) is 5.32 Å². The molecule has 1 rings (SSSR count). The van der Waals surface area contributed by atoms with Gasteiger partial charge in [-0.25, -0.2) is 0 Å². The van der Waals surface area contributed by atoms with Gasteiger partial charge < -0.3 is 11.1 Å².